The van der Waals surface area contributed by atoms with Crippen LogP contribution in [-0.2, 0) is 11.3 Å². The molecule has 0 saturated heterocycles. The molecule has 0 aromatic heterocycles. The Labute approximate surface area is 118 Å². The van der Waals surface area contributed by atoms with E-state index < -0.39 is 4.92 Å². The van der Waals surface area contributed by atoms with Gasteiger partial charge in [-0.15, -0.1) is 0 Å². The number of benzene rings is 1. The fourth-order valence-electron chi connectivity index (χ4n) is 2.68. The van der Waals surface area contributed by atoms with Gasteiger partial charge in [-0.3, -0.25) is 16.0 Å². The van der Waals surface area contributed by atoms with Crippen LogP contribution in [0, 0.1) is 16.0 Å². The zero-order valence-electron chi connectivity index (χ0n) is 11.7. The molecule has 1 aliphatic carbocycles. The second kappa shape index (κ2) is 6.67. The van der Waals surface area contributed by atoms with E-state index in [1.807, 2.05) is 0 Å². The maximum Gasteiger partial charge on any atom is 0.294 e. The van der Waals surface area contributed by atoms with Crippen LogP contribution < -0.4 is 11.3 Å². The van der Waals surface area contributed by atoms with Gasteiger partial charge in [0.25, 0.3) is 5.69 Å². The maximum absolute atomic E-state index is 11.0. The summed E-state index contributed by atoms with van der Waals surface area (Å²) < 4.78 is 5.87. The third-order valence-corrected chi connectivity index (χ3v) is 3.79. The minimum absolute atomic E-state index is 0.0226. The lowest BCUT2D eigenvalue weighted by atomic mass is 9.89. The number of nitrogens with two attached hydrogens (primary N) is 1. The van der Waals surface area contributed by atoms with Gasteiger partial charge in [0.1, 0.15) is 5.69 Å². The van der Waals surface area contributed by atoms with E-state index in [9.17, 15) is 10.1 Å². The molecule has 2 atom stereocenters. The minimum Gasteiger partial charge on any atom is -0.374 e. The average molecular weight is 279 g/mol. The smallest absolute Gasteiger partial charge is 0.294 e. The predicted octanol–water partition coefficient (Wildman–Crippen LogP) is 2.98. The van der Waals surface area contributed by atoms with E-state index in [2.05, 4.69) is 12.3 Å². The first kappa shape index (κ1) is 14.7. The molecule has 1 fully saturated rings. The van der Waals surface area contributed by atoms with Gasteiger partial charge in [-0.2, -0.15) is 0 Å². The number of anilines is 1. The molecule has 6 heteroatoms. The van der Waals surface area contributed by atoms with Gasteiger partial charge in [-0.05, 0) is 30.4 Å². The van der Waals surface area contributed by atoms with Crippen molar-refractivity contribution in [1.29, 1.82) is 0 Å². The highest BCUT2D eigenvalue weighted by Gasteiger charge is 2.20. The number of nitrogens with zero attached hydrogens (tertiary/aromatic N) is 1. The molecule has 0 spiro atoms. The first-order valence-electron chi connectivity index (χ1n) is 6.95. The molecular weight excluding hydrogens is 258 g/mol. The molecular formula is C14H21N3O3. The van der Waals surface area contributed by atoms with Crippen molar-refractivity contribution >= 4 is 11.4 Å². The summed E-state index contributed by atoms with van der Waals surface area (Å²) in [6, 6.07) is 4.93. The van der Waals surface area contributed by atoms with Crippen molar-refractivity contribution in [3.63, 3.8) is 0 Å². The normalized spacial score (nSPS) is 22.5. The number of nitro groups is 1. The third-order valence-electron chi connectivity index (χ3n) is 3.79. The number of nitro benzene ring substituents is 1. The molecule has 6 nitrogen and oxygen atoms in total. The van der Waals surface area contributed by atoms with Crippen LogP contribution in [0.5, 0.6) is 0 Å². The molecule has 0 radical (unpaired) electrons. The van der Waals surface area contributed by atoms with E-state index in [4.69, 9.17) is 10.6 Å². The first-order valence-corrected chi connectivity index (χ1v) is 6.95. The third kappa shape index (κ3) is 3.68. The van der Waals surface area contributed by atoms with E-state index in [-0.39, 0.29) is 11.8 Å². The predicted molar refractivity (Wildman–Crippen MR) is 77.1 cm³/mol. The number of rotatable bonds is 5. The number of nitrogens with one attached hydrogen (secondary N) is 1. The number of ether oxygens (including phenoxy) is 1. The van der Waals surface area contributed by atoms with Crippen LogP contribution in [0.2, 0.25) is 0 Å². The molecule has 2 unspecified atom stereocenters. The lowest BCUT2D eigenvalue weighted by molar-refractivity contribution is -0.384. The largest absolute Gasteiger partial charge is 0.374 e. The molecule has 3 N–H and O–H groups in total. The van der Waals surface area contributed by atoms with E-state index >= 15 is 0 Å². The summed E-state index contributed by atoms with van der Waals surface area (Å²) in [4.78, 5) is 10.5. The van der Waals surface area contributed by atoms with Gasteiger partial charge in [-0.1, -0.05) is 25.8 Å². The van der Waals surface area contributed by atoms with Crippen molar-refractivity contribution in [2.24, 2.45) is 11.8 Å². The molecule has 0 amide bonds. The number of hydrogen-bond acceptors (Lipinski definition) is 5. The zero-order chi connectivity index (χ0) is 14.5. The fraction of sp³-hybridized carbons (Fsp3) is 0.571. The van der Waals surface area contributed by atoms with Gasteiger partial charge in [0.15, 0.2) is 0 Å². The second-order valence-corrected chi connectivity index (χ2v) is 5.46. The quantitative estimate of drug-likeness (QED) is 0.491. The van der Waals surface area contributed by atoms with Crippen molar-refractivity contribution in [1.82, 2.24) is 0 Å². The molecule has 1 aromatic carbocycles. The number of hydrogen-bond donors (Lipinski definition) is 2. The molecule has 0 bridgehead atoms. The summed E-state index contributed by atoms with van der Waals surface area (Å²) in [5, 5.41) is 11.0. The SMILES string of the molecule is CC1CCCC(OCc2ccc(NN)c([N+](=O)[O-])c2)C1. The van der Waals surface area contributed by atoms with Crippen LogP contribution in [0.3, 0.4) is 0 Å². The van der Waals surface area contributed by atoms with Crippen LogP contribution in [0.15, 0.2) is 18.2 Å². The van der Waals surface area contributed by atoms with E-state index in [1.54, 1.807) is 12.1 Å². The fourth-order valence-corrected chi connectivity index (χ4v) is 2.68. The number of nitrogen functional groups attached to an aromatic ring is 1. The molecule has 0 aliphatic heterocycles. The molecule has 1 aliphatic rings. The molecule has 1 aromatic rings. The highest BCUT2D eigenvalue weighted by atomic mass is 16.6. The highest BCUT2D eigenvalue weighted by Crippen LogP contribution is 2.28. The van der Waals surface area contributed by atoms with Crippen molar-refractivity contribution in [2.75, 3.05) is 5.43 Å². The maximum atomic E-state index is 11.0. The van der Waals surface area contributed by atoms with Crippen LogP contribution in [0.25, 0.3) is 0 Å². The second-order valence-electron chi connectivity index (χ2n) is 5.46. The highest BCUT2D eigenvalue weighted by molar-refractivity contribution is 5.61. The zero-order valence-corrected chi connectivity index (χ0v) is 11.7. The van der Waals surface area contributed by atoms with Crippen LogP contribution >= 0.6 is 0 Å². The summed E-state index contributed by atoms with van der Waals surface area (Å²) in [6.07, 6.45) is 4.88. The summed E-state index contributed by atoms with van der Waals surface area (Å²) >= 11 is 0. The molecule has 110 valence electrons. The van der Waals surface area contributed by atoms with Gasteiger partial charge in [0, 0.05) is 6.07 Å². The first-order chi connectivity index (χ1) is 9.60. The van der Waals surface area contributed by atoms with Gasteiger partial charge < -0.3 is 10.2 Å². The topological polar surface area (TPSA) is 90.4 Å². The van der Waals surface area contributed by atoms with Crippen molar-refractivity contribution in [3.05, 3.63) is 33.9 Å². The average Bonchev–Trinajstić information content (AvgIpc) is 2.45. The van der Waals surface area contributed by atoms with E-state index in [0.29, 0.717) is 18.2 Å². The van der Waals surface area contributed by atoms with Gasteiger partial charge in [0.2, 0.25) is 0 Å². The van der Waals surface area contributed by atoms with Crippen LogP contribution in [-0.4, -0.2) is 11.0 Å². The van der Waals surface area contributed by atoms with E-state index in [0.717, 1.165) is 18.4 Å². The van der Waals surface area contributed by atoms with Crippen LogP contribution in [0.4, 0.5) is 11.4 Å². The van der Waals surface area contributed by atoms with Crippen molar-refractivity contribution in [2.45, 2.75) is 45.3 Å². The van der Waals surface area contributed by atoms with E-state index in [1.165, 1.54) is 18.9 Å². The van der Waals surface area contributed by atoms with Crippen LogP contribution in [0.1, 0.15) is 38.2 Å². The summed E-state index contributed by atoms with van der Waals surface area (Å²) in [7, 11) is 0. The Balaban J connectivity index is 1.99. The Morgan fingerprint density at radius 2 is 2.30 bits per heavy atom. The summed E-state index contributed by atoms with van der Waals surface area (Å²) in [5.41, 5.74) is 3.42. The van der Waals surface area contributed by atoms with Crippen molar-refractivity contribution < 1.29 is 9.66 Å². The van der Waals surface area contributed by atoms with Crippen molar-refractivity contribution in [3.8, 4) is 0 Å². The van der Waals surface area contributed by atoms with Gasteiger partial charge in [0.05, 0.1) is 17.6 Å². The lowest BCUT2D eigenvalue weighted by Crippen LogP contribution is -2.21. The Bertz CT molecular complexity index is 479. The van der Waals surface area contributed by atoms with Gasteiger partial charge >= 0.3 is 0 Å². The molecule has 0 heterocycles. The lowest BCUT2D eigenvalue weighted by Gasteiger charge is -2.26. The molecule has 2 rings (SSSR count). The Kier molecular flexibility index (Phi) is 4.92. The Morgan fingerprint density at radius 3 is 2.95 bits per heavy atom. The Morgan fingerprint density at radius 1 is 1.50 bits per heavy atom. The number of hydrazine groups is 1. The Hall–Kier alpha value is -1.66. The molecule has 1 saturated carbocycles. The minimum atomic E-state index is -0.443. The standard InChI is InChI=1S/C14H21N3O3/c1-10-3-2-4-12(7-10)20-9-11-5-6-13(16-15)14(8-11)17(18)19/h5-6,8,10,12,16H,2-4,7,9,15H2,1H3. The molecule has 20 heavy (non-hydrogen) atoms. The summed E-state index contributed by atoms with van der Waals surface area (Å²) in [6.45, 7) is 2.64. The van der Waals surface area contributed by atoms with Gasteiger partial charge in [-0.25, -0.2) is 0 Å². The monoisotopic (exact) mass is 279 g/mol. The summed E-state index contributed by atoms with van der Waals surface area (Å²) in [5.74, 6) is 5.96.